The van der Waals surface area contributed by atoms with Crippen molar-refractivity contribution >= 4 is 28.5 Å². The van der Waals surface area contributed by atoms with E-state index in [0.29, 0.717) is 16.2 Å². The molecule has 0 fully saturated rings. The van der Waals surface area contributed by atoms with Gasteiger partial charge in [-0.15, -0.1) is 0 Å². The van der Waals surface area contributed by atoms with E-state index in [4.69, 9.17) is 20.8 Å². The number of carbonyl (C=O) groups excluding carboxylic acids is 1. The smallest absolute Gasteiger partial charge is 0.336 e. The summed E-state index contributed by atoms with van der Waals surface area (Å²) in [5.41, 5.74) is 3.65. The van der Waals surface area contributed by atoms with Crippen molar-refractivity contribution in [1.29, 1.82) is 0 Å². The van der Waals surface area contributed by atoms with Crippen LogP contribution >= 0.6 is 11.6 Å². The molecule has 3 aromatic rings. The Hall–Kier alpha value is -2.59. The fourth-order valence-corrected chi connectivity index (χ4v) is 3.43. The quantitative estimate of drug-likeness (QED) is 0.418. The lowest BCUT2D eigenvalue weighted by Gasteiger charge is -2.20. The fraction of sp³-hybridized carbons (Fsp3) is 0.304. The van der Waals surface area contributed by atoms with E-state index in [2.05, 4.69) is 0 Å². The summed E-state index contributed by atoms with van der Waals surface area (Å²) >= 11 is 5.96. The zero-order valence-electron chi connectivity index (χ0n) is 16.4. The van der Waals surface area contributed by atoms with Crippen LogP contribution in [0.5, 0.6) is 0 Å². The Balaban J connectivity index is 1.88. The summed E-state index contributed by atoms with van der Waals surface area (Å²) in [5, 5.41) is 1.40. The molecule has 1 heterocycles. The third kappa shape index (κ3) is 4.28. The molecule has 5 heteroatoms. The second-order valence-corrected chi connectivity index (χ2v) is 7.84. The average Bonchev–Trinajstić information content (AvgIpc) is 2.62. The van der Waals surface area contributed by atoms with Crippen LogP contribution in [-0.4, -0.2) is 5.97 Å². The third-order valence-electron chi connectivity index (χ3n) is 4.96. The van der Waals surface area contributed by atoms with Crippen LogP contribution in [0.1, 0.15) is 42.0 Å². The first-order valence-electron chi connectivity index (χ1n) is 9.22. The van der Waals surface area contributed by atoms with Gasteiger partial charge in [-0.3, -0.25) is 4.79 Å². The number of fused-ring (bicyclic) bond motifs is 1. The van der Waals surface area contributed by atoms with Crippen molar-refractivity contribution in [3.05, 3.63) is 80.2 Å². The summed E-state index contributed by atoms with van der Waals surface area (Å²) in [7, 11) is 0. The van der Waals surface area contributed by atoms with E-state index in [1.807, 2.05) is 52.0 Å². The lowest BCUT2D eigenvalue weighted by molar-refractivity contribution is -0.147. The van der Waals surface area contributed by atoms with Gasteiger partial charge in [0.05, 0.1) is 5.92 Å². The van der Waals surface area contributed by atoms with Crippen molar-refractivity contribution in [3.8, 4) is 0 Å². The van der Waals surface area contributed by atoms with Crippen LogP contribution in [-0.2, 0) is 16.1 Å². The first-order chi connectivity index (χ1) is 13.3. The number of halogens is 1. The topological polar surface area (TPSA) is 56.5 Å². The van der Waals surface area contributed by atoms with E-state index in [1.165, 1.54) is 6.07 Å². The molecule has 28 heavy (non-hydrogen) atoms. The number of aryl methyl sites for hydroxylation is 2. The van der Waals surface area contributed by atoms with Gasteiger partial charge in [0, 0.05) is 22.0 Å². The lowest BCUT2D eigenvalue weighted by Crippen LogP contribution is -2.21. The van der Waals surface area contributed by atoms with Gasteiger partial charge in [-0.25, -0.2) is 4.79 Å². The van der Waals surface area contributed by atoms with Crippen molar-refractivity contribution in [2.45, 2.75) is 40.2 Å². The van der Waals surface area contributed by atoms with Gasteiger partial charge in [0.1, 0.15) is 12.2 Å². The number of esters is 1. The van der Waals surface area contributed by atoms with Crippen LogP contribution in [0, 0.1) is 19.8 Å². The highest BCUT2D eigenvalue weighted by Crippen LogP contribution is 2.28. The molecule has 0 unspecified atom stereocenters. The maximum absolute atomic E-state index is 12.8. The average molecular weight is 399 g/mol. The van der Waals surface area contributed by atoms with E-state index < -0.39 is 11.5 Å². The van der Waals surface area contributed by atoms with Gasteiger partial charge < -0.3 is 9.15 Å². The van der Waals surface area contributed by atoms with Crippen LogP contribution in [0.2, 0.25) is 5.02 Å². The summed E-state index contributed by atoms with van der Waals surface area (Å²) in [6.07, 6.45) is 0. The van der Waals surface area contributed by atoms with Gasteiger partial charge in [-0.05, 0) is 60.7 Å². The summed E-state index contributed by atoms with van der Waals surface area (Å²) in [6, 6.07) is 12.4. The molecular weight excluding hydrogens is 376 g/mol. The highest BCUT2D eigenvalue weighted by molar-refractivity contribution is 6.30. The Morgan fingerprint density at radius 2 is 1.71 bits per heavy atom. The largest absolute Gasteiger partial charge is 0.460 e. The van der Waals surface area contributed by atoms with E-state index in [9.17, 15) is 9.59 Å². The predicted octanol–water partition coefficient (Wildman–Crippen LogP) is 5.55. The van der Waals surface area contributed by atoms with Gasteiger partial charge >= 0.3 is 11.6 Å². The number of hydrogen-bond donors (Lipinski definition) is 0. The Kier molecular flexibility index (Phi) is 5.90. The maximum atomic E-state index is 12.8. The van der Waals surface area contributed by atoms with Gasteiger partial charge in [0.15, 0.2) is 0 Å². The molecule has 1 atom stereocenters. The van der Waals surface area contributed by atoms with Crippen LogP contribution in [0.3, 0.4) is 0 Å². The van der Waals surface area contributed by atoms with Gasteiger partial charge in [-0.2, -0.15) is 0 Å². The standard InChI is InChI=1S/C23H23ClO4/c1-13(2)22(16-5-7-18(24)8-6-16)23(26)27-12-17-11-21(25)28-20-10-15(4)14(3)9-19(17)20/h5-11,13,22H,12H2,1-4H3/t22-/m1/s1. The molecule has 1 aromatic heterocycles. The molecule has 146 valence electrons. The number of benzene rings is 2. The predicted molar refractivity (Wildman–Crippen MR) is 111 cm³/mol. The first-order valence-corrected chi connectivity index (χ1v) is 9.60. The summed E-state index contributed by atoms with van der Waals surface area (Å²) in [5.74, 6) is -0.689. The molecule has 4 nitrogen and oxygen atoms in total. The molecule has 0 aliphatic rings. The molecule has 0 bridgehead atoms. The van der Waals surface area contributed by atoms with E-state index in [-0.39, 0.29) is 18.5 Å². The Labute approximate surface area is 169 Å². The molecule has 3 rings (SSSR count). The Morgan fingerprint density at radius 3 is 2.36 bits per heavy atom. The Morgan fingerprint density at radius 1 is 1.07 bits per heavy atom. The van der Waals surface area contributed by atoms with Crippen molar-refractivity contribution in [3.63, 3.8) is 0 Å². The number of rotatable bonds is 5. The van der Waals surface area contributed by atoms with Gasteiger partial charge in [-0.1, -0.05) is 37.6 Å². The lowest BCUT2D eigenvalue weighted by atomic mass is 9.88. The molecule has 0 saturated carbocycles. The first kappa shape index (κ1) is 20.2. The number of carbonyl (C=O) groups is 1. The van der Waals surface area contributed by atoms with Gasteiger partial charge in [0.2, 0.25) is 0 Å². The van der Waals surface area contributed by atoms with Gasteiger partial charge in [0.25, 0.3) is 0 Å². The van der Waals surface area contributed by atoms with Crippen molar-refractivity contribution in [1.82, 2.24) is 0 Å². The molecule has 0 radical (unpaired) electrons. The number of hydrogen-bond acceptors (Lipinski definition) is 4. The Bertz CT molecular complexity index is 1060. The zero-order valence-corrected chi connectivity index (χ0v) is 17.2. The minimum atomic E-state index is -0.458. The SMILES string of the molecule is Cc1cc2oc(=O)cc(COC(=O)[C@@H](c3ccc(Cl)cc3)C(C)C)c2cc1C. The molecular formula is C23H23ClO4. The van der Waals surface area contributed by atoms with Crippen LogP contribution in [0.4, 0.5) is 0 Å². The molecule has 0 spiro atoms. The molecule has 0 aliphatic carbocycles. The second kappa shape index (κ2) is 8.19. The molecule has 0 amide bonds. The molecule has 2 aromatic carbocycles. The fourth-order valence-electron chi connectivity index (χ4n) is 3.30. The summed E-state index contributed by atoms with van der Waals surface area (Å²) in [6.45, 7) is 7.91. The van der Waals surface area contributed by atoms with Crippen LogP contribution < -0.4 is 5.63 Å². The monoisotopic (exact) mass is 398 g/mol. The summed E-state index contributed by atoms with van der Waals surface area (Å²) in [4.78, 5) is 24.7. The highest BCUT2D eigenvalue weighted by atomic mass is 35.5. The summed E-state index contributed by atoms with van der Waals surface area (Å²) < 4.78 is 10.9. The van der Waals surface area contributed by atoms with E-state index in [1.54, 1.807) is 12.1 Å². The van der Waals surface area contributed by atoms with Crippen molar-refractivity contribution in [2.75, 3.05) is 0 Å². The maximum Gasteiger partial charge on any atom is 0.336 e. The third-order valence-corrected chi connectivity index (χ3v) is 5.22. The minimum Gasteiger partial charge on any atom is -0.460 e. The number of ether oxygens (including phenoxy) is 1. The van der Waals surface area contributed by atoms with Crippen LogP contribution in [0.15, 0.2) is 51.7 Å². The van der Waals surface area contributed by atoms with Crippen molar-refractivity contribution in [2.24, 2.45) is 5.92 Å². The van der Waals surface area contributed by atoms with Crippen LogP contribution in [0.25, 0.3) is 11.0 Å². The highest BCUT2D eigenvalue weighted by Gasteiger charge is 2.26. The second-order valence-electron chi connectivity index (χ2n) is 7.40. The van der Waals surface area contributed by atoms with E-state index >= 15 is 0 Å². The minimum absolute atomic E-state index is 0.0141. The molecule has 0 N–H and O–H groups in total. The van der Waals surface area contributed by atoms with Crippen molar-refractivity contribution < 1.29 is 13.9 Å². The van der Waals surface area contributed by atoms with E-state index in [0.717, 1.165) is 22.1 Å². The molecule has 0 aliphatic heterocycles. The normalized spacial score (nSPS) is 12.4. The zero-order chi connectivity index (χ0) is 20.4. The molecule has 0 saturated heterocycles.